The van der Waals surface area contributed by atoms with E-state index >= 15 is 0 Å². The van der Waals surface area contributed by atoms with Crippen LogP contribution in [0.1, 0.15) is 22.3 Å². The minimum Gasteiger partial charge on any atom is -0.254 e. The predicted octanol–water partition coefficient (Wildman–Crippen LogP) is 5.52. The summed E-state index contributed by atoms with van der Waals surface area (Å²) >= 11 is 0. The van der Waals surface area contributed by atoms with Crippen molar-refractivity contribution < 1.29 is 0 Å². The monoisotopic (exact) mass is 368 g/mol. The second-order valence-electron chi connectivity index (χ2n) is 6.88. The van der Waals surface area contributed by atoms with E-state index in [9.17, 15) is 0 Å². The highest BCUT2D eigenvalue weighted by atomic mass is 14.8. The van der Waals surface area contributed by atoms with Gasteiger partial charge in [0.2, 0.25) is 0 Å². The van der Waals surface area contributed by atoms with Crippen LogP contribution in [0.2, 0.25) is 0 Å². The summed E-state index contributed by atoms with van der Waals surface area (Å²) in [7, 11) is 0. The molecule has 0 radical (unpaired) electrons. The molecule has 0 unspecified atom stereocenters. The van der Waals surface area contributed by atoms with Gasteiger partial charge in [-0.05, 0) is 74.2 Å². The second-order valence-corrected chi connectivity index (χ2v) is 6.88. The van der Waals surface area contributed by atoms with Gasteiger partial charge in [0.15, 0.2) is 0 Å². The number of aryl methyl sites for hydroxylation is 4. The van der Waals surface area contributed by atoms with E-state index in [1.807, 2.05) is 101 Å². The summed E-state index contributed by atoms with van der Waals surface area (Å²) in [5.74, 6) is 0. The zero-order valence-corrected chi connectivity index (χ0v) is 16.7. The van der Waals surface area contributed by atoms with Crippen molar-refractivity contribution in [1.82, 2.24) is 19.9 Å². The van der Waals surface area contributed by atoms with Crippen LogP contribution in [0.25, 0.3) is 22.8 Å². The van der Waals surface area contributed by atoms with Gasteiger partial charge in [-0.25, -0.2) is 0 Å². The summed E-state index contributed by atoms with van der Waals surface area (Å²) in [5.41, 5.74) is 8.38. The molecule has 4 heteroatoms. The van der Waals surface area contributed by atoms with Gasteiger partial charge in [0, 0.05) is 24.8 Å². The molecule has 4 nitrogen and oxygen atoms in total. The molecule has 0 saturated heterocycles. The molecule has 4 rings (SSSR count). The molecule has 0 aliphatic rings. The van der Waals surface area contributed by atoms with E-state index < -0.39 is 0 Å². The fraction of sp³-hybridized carbons (Fsp3) is 0.167. The Balaban J connectivity index is 0.000000161. The lowest BCUT2D eigenvalue weighted by molar-refractivity contribution is 1.20. The predicted molar refractivity (Wildman–Crippen MR) is 114 cm³/mol. The van der Waals surface area contributed by atoms with E-state index in [1.165, 1.54) is 22.3 Å². The lowest BCUT2D eigenvalue weighted by Crippen LogP contribution is -1.87. The van der Waals surface area contributed by atoms with E-state index in [0.717, 1.165) is 22.8 Å². The summed E-state index contributed by atoms with van der Waals surface area (Å²) in [4.78, 5) is 17.3. The Kier molecular flexibility index (Phi) is 6.22. The topological polar surface area (TPSA) is 51.6 Å². The van der Waals surface area contributed by atoms with Gasteiger partial charge in [-0.2, -0.15) is 0 Å². The van der Waals surface area contributed by atoms with Crippen molar-refractivity contribution in [2.75, 3.05) is 0 Å². The molecule has 0 amide bonds. The van der Waals surface area contributed by atoms with E-state index in [1.54, 1.807) is 0 Å². The van der Waals surface area contributed by atoms with Crippen LogP contribution < -0.4 is 0 Å². The van der Waals surface area contributed by atoms with Crippen LogP contribution in [-0.4, -0.2) is 19.9 Å². The van der Waals surface area contributed by atoms with Crippen LogP contribution in [0.4, 0.5) is 0 Å². The van der Waals surface area contributed by atoms with E-state index in [-0.39, 0.29) is 0 Å². The summed E-state index contributed by atoms with van der Waals surface area (Å²) in [6.45, 7) is 8.11. The molecule has 4 aromatic heterocycles. The second kappa shape index (κ2) is 9.00. The molecule has 0 saturated carbocycles. The van der Waals surface area contributed by atoms with Gasteiger partial charge >= 0.3 is 0 Å². The first kappa shape index (κ1) is 19.4. The van der Waals surface area contributed by atoms with Crippen molar-refractivity contribution in [2.45, 2.75) is 27.7 Å². The Bertz CT molecular complexity index is 830. The molecule has 140 valence electrons. The number of hydrogen-bond acceptors (Lipinski definition) is 4. The molecule has 0 fully saturated rings. The Morgan fingerprint density at radius 3 is 0.714 bits per heavy atom. The number of nitrogens with zero attached hydrogens (tertiary/aromatic N) is 4. The average Bonchev–Trinajstić information content (AvgIpc) is 2.71. The maximum atomic E-state index is 4.32. The van der Waals surface area contributed by atoms with Crippen molar-refractivity contribution >= 4 is 0 Å². The number of aromatic nitrogens is 4. The van der Waals surface area contributed by atoms with Crippen molar-refractivity contribution in [3.8, 4) is 22.8 Å². The number of pyridine rings is 4. The number of hydrogen-bond donors (Lipinski definition) is 0. The van der Waals surface area contributed by atoms with Gasteiger partial charge < -0.3 is 0 Å². The summed E-state index contributed by atoms with van der Waals surface area (Å²) in [6, 6.07) is 16.2. The molecule has 28 heavy (non-hydrogen) atoms. The van der Waals surface area contributed by atoms with Crippen molar-refractivity contribution in [2.24, 2.45) is 0 Å². The molecule has 4 heterocycles. The first-order chi connectivity index (χ1) is 13.5. The fourth-order valence-electron chi connectivity index (χ4n) is 2.48. The van der Waals surface area contributed by atoms with Gasteiger partial charge in [-0.3, -0.25) is 19.9 Å². The Morgan fingerprint density at radius 2 is 0.571 bits per heavy atom. The highest BCUT2D eigenvalue weighted by molar-refractivity contribution is 5.54. The fourth-order valence-corrected chi connectivity index (χ4v) is 2.48. The zero-order chi connectivity index (χ0) is 19.9. The van der Waals surface area contributed by atoms with Gasteiger partial charge in [-0.1, -0.05) is 24.3 Å². The van der Waals surface area contributed by atoms with E-state index in [2.05, 4.69) is 19.9 Å². The highest BCUT2D eigenvalue weighted by Gasteiger charge is 1.99. The van der Waals surface area contributed by atoms with Crippen LogP contribution in [-0.2, 0) is 0 Å². The molecule has 0 aliphatic carbocycles. The first-order valence-electron chi connectivity index (χ1n) is 9.22. The molecule has 0 aromatic carbocycles. The van der Waals surface area contributed by atoms with Crippen LogP contribution in [0.3, 0.4) is 0 Å². The summed E-state index contributed by atoms with van der Waals surface area (Å²) in [5, 5.41) is 0. The Hall–Kier alpha value is -3.40. The third kappa shape index (κ3) is 5.30. The lowest BCUT2D eigenvalue weighted by atomic mass is 10.2. The average molecular weight is 368 g/mol. The van der Waals surface area contributed by atoms with Gasteiger partial charge in [0.05, 0.1) is 22.8 Å². The summed E-state index contributed by atoms with van der Waals surface area (Å²) < 4.78 is 0. The zero-order valence-electron chi connectivity index (χ0n) is 16.7. The molecule has 0 N–H and O–H groups in total. The smallest absolute Gasteiger partial charge is 0.0886 e. The van der Waals surface area contributed by atoms with E-state index in [0.29, 0.717) is 0 Å². The highest BCUT2D eigenvalue weighted by Crippen LogP contribution is 2.15. The molecule has 0 bridgehead atoms. The van der Waals surface area contributed by atoms with Crippen LogP contribution in [0.5, 0.6) is 0 Å². The van der Waals surface area contributed by atoms with Gasteiger partial charge in [0.1, 0.15) is 0 Å². The largest absolute Gasteiger partial charge is 0.254 e. The standard InChI is InChI=1S/2C12H12N2/c2*1-9-3-5-11(13-7-9)12-6-4-10(2)8-14-12/h2*3-8H,1-2H3. The molecule has 0 spiro atoms. The maximum absolute atomic E-state index is 4.32. The van der Waals surface area contributed by atoms with Crippen LogP contribution in [0, 0.1) is 27.7 Å². The SMILES string of the molecule is Cc1ccc(-c2ccc(C)cn2)nc1.Cc1ccc(-c2ccc(C)cn2)nc1. The van der Waals surface area contributed by atoms with Crippen molar-refractivity contribution in [3.05, 3.63) is 95.6 Å². The molecular weight excluding hydrogens is 344 g/mol. The Labute approximate surface area is 166 Å². The van der Waals surface area contributed by atoms with Gasteiger partial charge in [0.25, 0.3) is 0 Å². The van der Waals surface area contributed by atoms with Crippen molar-refractivity contribution in [3.63, 3.8) is 0 Å². The van der Waals surface area contributed by atoms with Crippen LogP contribution >= 0.6 is 0 Å². The third-order valence-electron chi connectivity index (χ3n) is 4.17. The lowest BCUT2D eigenvalue weighted by Gasteiger charge is -2.00. The molecule has 0 atom stereocenters. The minimum absolute atomic E-state index is 0.926. The normalized spacial score (nSPS) is 10.1. The van der Waals surface area contributed by atoms with E-state index in [4.69, 9.17) is 0 Å². The van der Waals surface area contributed by atoms with Crippen LogP contribution in [0.15, 0.2) is 73.3 Å². The van der Waals surface area contributed by atoms with Gasteiger partial charge in [-0.15, -0.1) is 0 Å². The maximum Gasteiger partial charge on any atom is 0.0886 e. The molecular formula is C24H24N4. The molecule has 4 aromatic rings. The Morgan fingerprint density at radius 1 is 0.357 bits per heavy atom. The van der Waals surface area contributed by atoms with Crippen molar-refractivity contribution in [1.29, 1.82) is 0 Å². The number of rotatable bonds is 2. The third-order valence-corrected chi connectivity index (χ3v) is 4.17. The quantitative estimate of drug-likeness (QED) is 0.467. The minimum atomic E-state index is 0.926. The first-order valence-corrected chi connectivity index (χ1v) is 9.22. The molecule has 0 aliphatic heterocycles. The summed E-state index contributed by atoms with van der Waals surface area (Å²) in [6.07, 6.45) is 7.43.